The van der Waals surface area contributed by atoms with Crippen LogP contribution in [-0.4, -0.2) is 45.2 Å². The number of rotatable bonds is 5. The van der Waals surface area contributed by atoms with Crippen LogP contribution in [0.25, 0.3) is 0 Å². The first kappa shape index (κ1) is 19.3. The molecule has 2 aliphatic heterocycles. The second-order valence-corrected chi connectivity index (χ2v) is 7.93. The van der Waals surface area contributed by atoms with Crippen molar-refractivity contribution in [2.24, 2.45) is 0 Å². The molecule has 3 rings (SSSR count). The van der Waals surface area contributed by atoms with Gasteiger partial charge in [0, 0.05) is 18.7 Å². The summed E-state index contributed by atoms with van der Waals surface area (Å²) < 4.78 is 38.9. The third-order valence-corrected chi connectivity index (χ3v) is 6.51. The Hall–Kier alpha value is -1.02. The molecule has 0 unspecified atom stereocenters. The Labute approximate surface area is 150 Å². The fraction of sp³-hybridized carbons (Fsp3) is 0.625. The lowest BCUT2D eigenvalue weighted by atomic mass is 10.1. The molecule has 0 bridgehead atoms. The van der Waals surface area contributed by atoms with Crippen molar-refractivity contribution in [1.82, 2.24) is 9.62 Å². The summed E-state index contributed by atoms with van der Waals surface area (Å²) in [4.78, 5) is 0.328. The first-order chi connectivity index (χ1) is 11.0. The van der Waals surface area contributed by atoms with Gasteiger partial charge < -0.3 is 14.8 Å². The van der Waals surface area contributed by atoms with Gasteiger partial charge in [-0.15, -0.1) is 12.4 Å². The molecule has 2 aliphatic rings. The van der Waals surface area contributed by atoms with E-state index in [1.54, 1.807) is 23.4 Å². The fourth-order valence-corrected chi connectivity index (χ4v) is 5.24. The molecule has 1 aromatic rings. The number of hydrogen-bond donors (Lipinski definition) is 1. The molecule has 8 heteroatoms. The Morgan fingerprint density at radius 3 is 2.46 bits per heavy atom. The largest absolute Gasteiger partial charge is 0.454 e. The van der Waals surface area contributed by atoms with Crippen LogP contribution in [0.5, 0.6) is 11.5 Å². The van der Waals surface area contributed by atoms with Crippen molar-refractivity contribution in [1.29, 1.82) is 0 Å². The molecular weight excluding hydrogens is 352 g/mol. The molecule has 0 spiro atoms. The van der Waals surface area contributed by atoms with Gasteiger partial charge in [0.05, 0.1) is 4.90 Å². The number of aryl methyl sites for hydroxylation is 1. The van der Waals surface area contributed by atoms with Crippen LogP contribution in [0.2, 0.25) is 0 Å². The third kappa shape index (κ3) is 3.64. The average Bonchev–Trinajstić information content (AvgIpc) is 2.99. The van der Waals surface area contributed by atoms with Crippen LogP contribution in [0.4, 0.5) is 0 Å². The van der Waals surface area contributed by atoms with E-state index in [0.717, 1.165) is 32.4 Å². The van der Waals surface area contributed by atoms with Gasteiger partial charge in [0.15, 0.2) is 11.5 Å². The Morgan fingerprint density at radius 2 is 1.83 bits per heavy atom. The number of nitrogens with zero attached hydrogens (tertiary/aromatic N) is 1. The summed E-state index contributed by atoms with van der Waals surface area (Å²) in [5, 5.41) is 3.29. The van der Waals surface area contributed by atoms with Gasteiger partial charge in [-0.3, -0.25) is 0 Å². The summed E-state index contributed by atoms with van der Waals surface area (Å²) in [6.45, 7) is 6.23. The quantitative estimate of drug-likeness (QED) is 0.854. The van der Waals surface area contributed by atoms with Crippen molar-refractivity contribution in [2.75, 3.05) is 26.4 Å². The minimum atomic E-state index is -3.55. The molecule has 0 atom stereocenters. The van der Waals surface area contributed by atoms with Crippen LogP contribution in [0, 0.1) is 6.92 Å². The number of nitrogens with one attached hydrogen (secondary N) is 1. The Morgan fingerprint density at radius 1 is 1.21 bits per heavy atom. The number of sulfonamides is 1. The van der Waals surface area contributed by atoms with E-state index in [1.165, 1.54) is 0 Å². The topological polar surface area (TPSA) is 67.9 Å². The number of fused-ring (bicyclic) bond motifs is 1. The van der Waals surface area contributed by atoms with Gasteiger partial charge in [0.25, 0.3) is 0 Å². The average molecular weight is 377 g/mol. The molecule has 6 nitrogen and oxygen atoms in total. The zero-order chi connectivity index (χ0) is 16.4. The summed E-state index contributed by atoms with van der Waals surface area (Å²) >= 11 is 0. The lowest BCUT2D eigenvalue weighted by Crippen LogP contribution is -2.46. The van der Waals surface area contributed by atoms with E-state index in [-0.39, 0.29) is 25.2 Å². The highest BCUT2D eigenvalue weighted by molar-refractivity contribution is 7.89. The maximum atomic E-state index is 13.3. The highest BCUT2D eigenvalue weighted by atomic mass is 35.5. The van der Waals surface area contributed by atoms with E-state index in [2.05, 4.69) is 5.32 Å². The first-order valence-electron chi connectivity index (χ1n) is 8.17. The molecule has 136 valence electrons. The predicted octanol–water partition coefficient (Wildman–Crippen LogP) is 2.30. The van der Waals surface area contributed by atoms with Gasteiger partial charge in [-0.25, -0.2) is 8.42 Å². The third-order valence-electron chi connectivity index (χ3n) is 4.42. The summed E-state index contributed by atoms with van der Waals surface area (Å²) in [6.07, 6.45) is 2.50. The highest BCUT2D eigenvalue weighted by Gasteiger charge is 2.33. The monoisotopic (exact) mass is 376 g/mol. The minimum absolute atomic E-state index is 0. The highest BCUT2D eigenvalue weighted by Crippen LogP contribution is 2.37. The number of ether oxygens (including phenoxy) is 2. The first-order valence-corrected chi connectivity index (χ1v) is 9.61. The Kier molecular flexibility index (Phi) is 6.36. The van der Waals surface area contributed by atoms with Crippen LogP contribution in [0.15, 0.2) is 17.0 Å². The summed E-state index contributed by atoms with van der Waals surface area (Å²) in [6, 6.07) is 3.42. The van der Waals surface area contributed by atoms with E-state index in [0.29, 0.717) is 28.5 Å². The van der Waals surface area contributed by atoms with Crippen LogP contribution in [0.1, 0.15) is 31.7 Å². The fourth-order valence-electron chi connectivity index (χ4n) is 3.24. The molecule has 24 heavy (non-hydrogen) atoms. The Bertz CT molecular complexity index is 675. The number of piperidine rings is 1. The van der Waals surface area contributed by atoms with Gasteiger partial charge in [-0.1, -0.05) is 6.92 Å². The number of hydrogen-bond acceptors (Lipinski definition) is 5. The smallest absolute Gasteiger partial charge is 0.243 e. The van der Waals surface area contributed by atoms with Crippen molar-refractivity contribution in [3.8, 4) is 11.5 Å². The SMILES string of the molecule is CCCN(C1CCNCC1)S(=O)(=O)c1cc2c(cc1C)OCO2.Cl. The van der Waals surface area contributed by atoms with E-state index in [1.807, 2.05) is 6.92 Å². The zero-order valence-electron chi connectivity index (χ0n) is 14.1. The minimum Gasteiger partial charge on any atom is -0.454 e. The Balaban J connectivity index is 0.00000208. The lowest BCUT2D eigenvalue weighted by Gasteiger charge is -2.34. The summed E-state index contributed by atoms with van der Waals surface area (Å²) in [5.41, 5.74) is 0.698. The van der Waals surface area contributed by atoms with Crippen molar-refractivity contribution in [3.63, 3.8) is 0 Å². The van der Waals surface area contributed by atoms with Gasteiger partial charge in [-0.2, -0.15) is 4.31 Å². The molecule has 0 saturated carbocycles. The zero-order valence-corrected chi connectivity index (χ0v) is 15.7. The predicted molar refractivity (Wildman–Crippen MR) is 94.6 cm³/mol. The second kappa shape index (κ2) is 7.91. The van der Waals surface area contributed by atoms with Crippen LogP contribution in [0.3, 0.4) is 0 Å². The van der Waals surface area contributed by atoms with E-state index < -0.39 is 10.0 Å². The van der Waals surface area contributed by atoms with Crippen molar-refractivity contribution in [3.05, 3.63) is 17.7 Å². The van der Waals surface area contributed by atoms with Gasteiger partial charge in [-0.05, 0) is 50.9 Å². The maximum Gasteiger partial charge on any atom is 0.243 e. The summed E-state index contributed by atoms with van der Waals surface area (Å²) in [5.74, 6) is 1.13. The van der Waals surface area contributed by atoms with E-state index in [4.69, 9.17) is 9.47 Å². The van der Waals surface area contributed by atoms with Crippen molar-refractivity contribution < 1.29 is 17.9 Å². The van der Waals surface area contributed by atoms with Crippen molar-refractivity contribution >= 4 is 22.4 Å². The van der Waals surface area contributed by atoms with Crippen LogP contribution < -0.4 is 14.8 Å². The molecular formula is C16H25ClN2O4S. The van der Waals surface area contributed by atoms with Gasteiger partial charge >= 0.3 is 0 Å². The molecule has 2 heterocycles. The van der Waals surface area contributed by atoms with E-state index in [9.17, 15) is 8.42 Å². The molecule has 1 saturated heterocycles. The maximum absolute atomic E-state index is 13.3. The standard InChI is InChI=1S/C16H24N2O4S.ClH/c1-3-8-18(13-4-6-17-7-5-13)23(19,20)16-10-15-14(9-12(16)2)21-11-22-15;/h9-10,13,17H,3-8,11H2,1-2H3;1H. The molecule has 1 fully saturated rings. The van der Waals surface area contributed by atoms with Crippen LogP contribution in [-0.2, 0) is 10.0 Å². The van der Waals surface area contributed by atoms with Gasteiger partial charge in [0.1, 0.15) is 0 Å². The number of benzene rings is 1. The number of halogens is 1. The normalized spacial score (nSPS) is 17.8. The molecule has 0 radical (unpaired) electrons. The molecule has 0 aliphatic carbocycles. The second-order valence-electron chi connectivity index (χ2n) is 6.07. The molecule has 1 N–H and O–H groups in total. The molecule has 1 aromatic carbocycles. The van der Waals surface area contributed by atoms with Crippen LogP contribution >= 0.6 is 12.4 Å². The molecule has 0 aromatic heterocycles. The van der Waals surface area contributed by atoms with Gasteiger partial charge in [0.2, 0.25) is 16.8 Å². The lowest BCUT2D eigenvalue weighted by molar-refractivity contribution is 0.174. The summed E-state index contributed by atoms with van der Waals surface area (Å²) in [7, 11) is -3.55. The van der Waals surface area contributed by atoms with Crippen molar-refractivity contribution in [2.45, 2.75) is 44.0 Å². The van der Waals surface area contributed by atoms with E-state index >= 15 is 0 Å². The molecule has 0 amide bonds.